The van der Waals surface area contributed by atoms with Crippen molar-refractivity contribution >= 4 is 39.9 Å². The van der Waals surface area contributed by atoms with Gasteiger partial charge in [0.1, 0.15) is 5.82 Å². The molecule has 1 heterocycles. The molecule has 0 unspecified atom stereocenters. The summed E-state index contributed by atoms with van der Waals surface area (Å²) in [6.45, 7) is -0.0830. The predicted octanol–water partition coefficient (Wildman–Crippen LogP) is 2.31. The van der Waals surface area contributed by atoms with Gasteiger partial charge in [-0.05, 0) is 18.2 Å². The van der Waals surface area contributed by atoms with Crippen LogP contribution in [0.5, 0.6) is 0 Å². The van der Waals surface area contributed by atoms with Crippen LogP contribution in [0, 0.1) is 0 Å². The minimum absolute atomic E-state index is 0.215. The number of benzene rings is 1. The van der Waals surface area contributed by atoms with Gasteiger partial charge < -0.3 is 15.5 Å². The van der Waals surface area contributed by atoms with Crippen LogP contribution in [0.3, 0.4) is 0 Å². The van der Waals surface area contributed by atoms with Gasteiger partial charge in [-0.15, -0.1) is 0 Å². The molecule has 0 saturated heterocycles. The largest absolute Gasteiger partial charge is 0.394 e. The van der Waals surface area contributed by atoms with E-state index < -0.39 is 6.10 Å². The van der Waals surface area contributed by atoms with Crippen LogP contribution in [0.1, 0.15) is 0 Å². The zero-order valence-corrected chi connectivity index (χ0v) is 10.9. The van der Waals surface area contributed by atoms with Crippen LogP contribution in [-0.2, 0) is 0 Å². The highest BCUT2D eigenvalue weighted by molar-refractivity contribution is 6.45. The first-order valence-electron chi connectivity index (χ1n) is 5.39. The molecule has 0 saturated carbocycles. The van der Waals surface area contributed by atoms with E-state index in [0.717, 1.165) is 5.39 Å². The Labute approximate surface area is 114 Å². The lowest BCUT2D eigenvalue weighted by Gasteiger charge is -2.10. The monoisotopic (exact) mass is 286 g/mol. The highest BCUT2D eigenvalue weighted by Crippen LogP contribution is 2.30. The average molecular weight is 287 g/mol. The Morgan fingerprint density at radius 1 is 1.22 bits per heavy atom. The van der Waals surface area contributed by atoms with Crippen molar-refractivity contribution in [1.82, 2.24) is 4.98 Å². The number of aliphatic hydroxyl groups excluding tert-OH is 2. The third kappa shape index (κ3) is 2.84. The first-order chi connectivity index (χ1) is 8.61. The summed E-state index contributed by atoms with van der Waals surface area (Å²) in [5, 5.41) is 22.6. The maximum Gasteiger partial charge on any atom is 0.126 e. The molecule has 1 atom stereocenters. The highest BCUT2D eigenvalue weighted by atomic mass is 35.5. The summed E-state index contributed by atoms with van der Waals surface area (Å²) in [7, 11) is 0. The number of hydrogen-bond acceptors (Lipinski definition) is 4. The molecule has 0 aliphatic heterocycles. The second-order valence-corrected chi connectivity index (χ2v) is 4.63. The molecule has 0 spiro atoms. The van der Waals surface area contributed by atoms with Crippen molar-refractivity contribution in [2.45, 2.75) is 6.10 Å². The summed E-state index contributed by atoms with van der Waals surface area (Å²) in [4.78, 5) is 4.32. The molecule has 0 fully saturated rings. The van der Waals surface area contributed by atoms with Crippen molar-refractivity contribution < 1.29 is 10.2 Å². The minimum Gasteiger partial charge on any atom is -0.394 e. The first kappa shape index (κ1) is 13.4. The Hall–Kier alpha value is -1.07. The van der Waals surface area contributed by atoms with Crippen molar-refractivity contribution in [1.29, 1.82) is 0 Å². The molecule has 2 aromatic rings. The van der Waals surface area contributed by atoms with E-state index in [1.807, 2.05) is 12.1 Å². The molecule has 1 aromatic carbocycles. The summed E-state index contributed by atoms with van der Waals surface area (Å²) in [6, 6.07) is 7.19. The first-order valence-corrected chi connectivity index (χ1v) is 6.15. The van der Waals surface area contributed by atoms with Gasteiger partial charge in [0.15, 0.2) is 0 Å². The molecule has 18 heavy (non-hydrogen) atoms. The SMILES string of the molecule is OC[C@@H](O)CNc1ccc2ccc(Cl)c(Cl)c2n1. The van der Waals surface area contributed by atoms with Crippen molar-refractivity contribution in [3.8, 4) is 0 Å². The van der Waals surface area contributed by atoms with Crippen molar-refractivity contribution in [3.63, 3.8) is 0 Å². The maximum atomic E-state index is 9.24. The van der Waals surface area contributed by atoms with E-state index >= 15 is 0 Å². The fraction of sp³-hybridized carbons (Fsp3) is 0.250. The molecule has 0 amide bonds. The van der Waals surface area contributed by atoms with Crippen molar-refractivity contribution in [2.24, 2.45) is 0 Å². The summed E-state index contributed by atoms with van der Waals surface area (Å²) in [5.41, 5.74) is 0.604. The zero-order chi connectivity index (χ0) is 13.1. The Balaban J connectivity index is 2.29. The number of fused-ring (bicyclic) bond motifs is 1. The molecule has 1 aromatic heterocycles. The van der Waals surface area contributed by atoms with Crippen molar-refractivity contribution in [3.05, 3.63) is 34.3 Å². The lowest BCUT2D eigenvalue weighted by molar-refractivity contribution is 0.105. The summed E-state index contributed by atoms with van der Waals surface area (Å²) in [6.07, 6.45) is -0.822. The molecular formula is C12H12Cl2N2O2. The molecule has 0 aliphatic rings. The fourth-order valence-corrected chi connectivity index (χ4v) is 1.88. The number of aromatic nitrogens is 1. The van der Waals surface area contributed by atoms with E-state index in [9.17, 15) is 5.11 Å². The van der Waals surface area contributed by atoms with Gasteiger partial charge in [0.05, 0.1) is 28.3 Å². The Bertz CT molecular complexity index is 563. The van der Waals surface area contributed by atoms with Gasteiger partial charge in [-0.2, -0.15) is 0 Å². The van der Waals surface area contributed by atoms with E-state index in [4.69, 9.17) is 28.3 Å². The van der Waals surface area contributed by atoms with Crippen LogP contribution in [0.2, 0.25) is 10.0 Å². The van der Waals surface area contributed by atoms with Crippen LogP contribution >= 0.6 is 23.2 Å². The summed E-state index contributed by atoms with van der Waals surface area (Å²) >= 11 is 12.0. The number of anilines is 1. The molecule has 96 valence electrons. The van der Waals surface area contributed by atoms with E-state index in [1.54, 1.807) is 12.1 Å². The van der Waals surface area contributed by atoms with Gasteiger partial charge in [-0.25, -0.2) is 4.98 Å². The fourth-order valence-electron chi connectivity index (χ4n) is 1.51. The zero-order valence-electron chi connectivity index (χ0n) is 9.40. The second-order valence-electron chi connectivity index (χ2n) is 3.85. The number of aliphatic hydroxyl groups is 2. The Morgan fingerprint density at radius 3 is 2.67 bits per heavy atom. The molecule has 0 aliphatic carbocycles. The molecular weight excluding hydrogens is 275 g/mol. The predicted molar refractivity (Wildman–Crippen MR) is 73.3 cm³/mol. The Morgan fingerprint density at radius 2 is 1.94 bits per heavy atom. The van der Waals surface area contributed by atoms with Crippen LogP contribution in [0.15, 0.2) is 24.3 Å². The summed E-state index contributed by atoms with van der Waals surface area (Å²) < 4.78 is 0. The maximum absolute atomic E-state index is 9.24. The standard InChI is InChI=1S/C12H12Cl2N2O2/c13-9-3-1-7-2-4-10(15-5-8(18)6-17)16-12(7)11(9)14/h1-4,8,17-18H,5-6H2,(H,15,16)/t8-/m0/s1. The molecule has 3 N–H and O–H groups in total. The van der Waals surface area contributed by atoms with Gasteiger partial charge in [0.2, 0.25) is 0 Å². The van der Waals surface area contributed by atoms with Gasteiger partial charge in [-0.3, -0.25) is 0 Å². The number of rotatable bonds is 4. The van der Waals surface area contributed by atoms with Crippen LogP contribution in [-0.4, -0.2) is 34.5 Å². The van der Waals surface area contributed by atoms with Gasteiger partial charge >= 0.3 is 0 Å². The minimum atomic E-state index is -0.822. The third-order valence-corrected chi connectivity index (χ3v) is 3.28. The average Bonchev–Trinajstić information content (AvgIpc) is 2.40. The molecule has 2 rings (SSSR count). The molecule has 0 radical (unpaired) electrons. The number of nitrogens with zero attached hydrogens (tertiary/aromatic N) is 1. The van der Waals surface area contributed by atoms with Crippen LogP contribution in [0.4, 0.5) is 5.82 Å². The number of nitrogens with one attached hydrogen (secondary N) is 1. The lowest BCUT2D eigenvalue weighted by atomic mass is 10.2. The summed E-state index contributed by atoms with van der Waals surface area (Å²) in [5.74, 6) is 0.569. The van der Waals surface area contributed by atoms with Crippen LogP contribution in [0.25, 0.3) is 10.9 Å². The Kier molecular flexibility index (Phi) is 4.24. The quantitative estimate of drug-likeness (QED) is 0.807. The smallest absolute Gasteiger partial charge is 0.126 e. The number of halogens is 2. The highest BCUT2D eigenvalue weighted by Gasteiger charge is 2.07. The molecule has 4 nitrogen and oxygen atoms in total. The lowest BCUT2D eigenvalue weighted by Crippen LogP contribution is -2.23. The van der Waals surface area contributed by atoms with E-state index in [-0.39, 0.29) is 13.2 Å². The topological polar surface area (TPSA) is 65.4 Å². The van der Waals surface area contributed by atoms with E-state index in [0.29, 0.717) is 21.4 Å². The van der Waals surface area contributed by atoms with Crippen LogP contribution < -0.4 is 5.32 Å². The number of hydrogen-bond donors (Lipinski definition) is 3. The van der Waals surface area contributed by atoms with E-state index in [2.05, 4.69) is 10.3 Å². The normalized spacial score (nSPS) is 12.7. The van der Waals surface area contributed by atoms with Gasteiger partial charge in [0.25, 0.3) is 0 Å². The number of pyridine rings is 1. The van der Waals surface area contributed by atoms with Gasteiger partial charge in [-0.1, -0.05) is 29.3 Å². The second kappa shape index (κ2) is 5.71. The molecule has 0 bridgehead atoms. The van der Waals surface area contributed by atoms with Gasteiger partial charge in [0, 0.05) is 11.9 Å². The van der Waals surface area contributed by atoms with E-state index in [1.165, 1.54) is 0 Å². The third-order valence-electron chi connectivity index (χ3n) is 2.48. The van der Waals surface area contributed by atoms with Crippen molar-refractivity contribution in [2.75, 3.05) is 18.5 Å². The molecule has 6 heteroatoms.